The van der Waals surface area contributed by atoms with Crippen molar-refractivity contribution in [3.8, 4) is 5.75 Å². The molecule has 1 fully saturated rings. The molecule has 0 aromatic heterocycles. The lowest BCUT2D eigenvalue weighted by molar-refractivity contribution is -0.133. The molecule has 1 aliphatic heterocycles. The van der Waals surface area contributed by atoms with Gasteiger partial charge in [0, 0.05) is 13.1 Å². The van der Waals surface area contributed by atoms with Crippen LogP contribution in [0, 0.1) is 0 Å². The highest BCUT2D eigenvalue weighted by Crippen LogP contribution is 2.19. The number of aryl methyl sites for hydroxylation is 1. The zero-order valence-corrected chi connectivity index (χ0v) is 13.2. The van der Waals surface area contributed by atoms with Crippen LogP contribution in [0.15, 0.2) is 24.3 Å². The zero-order valence-electron chi connectivity index (χ0n) is 12.4. The molecule has 1 heterocycles. The summed E-state index contributed by atoms with van der Waals surface area (Å²) in [4.78, 5) is 13.6. The average Bonchev–Trinajstić information content (AvgIpc) is 2.84. The van der Waals surface area contributed by atoms with Gasteiger partial charge in [0.2, 0.25) is 0 Å². The third-order valence-electron chi connectivity index (χ3n) is 3.85. The van der Waals surface area contributed by atoms with Crippen LogP contribution in [-0.2, 0) is 21.1 Å². The highest BCUT2D eigenvalue weighted by Gasteiger charge is 2.32. The highest BCUT2D eigenvalue weighted by atomic mass is 32.2. The molecule has 1 aromatic rings. The Labute approximate surface area is 125 Å². The second-order valence-electron chi connectivity index (χ2n) is 5.31. The minimum atomic E-state index is -2.99. The molecule has 0 saturated carbocycles. The molecule has 116 valence electrons. The number of carbonyl (C=O) groups excluding carboxylic acids is 1. The van der Waals surface area contributed by atoms with Crippen LogP contribution in [-0.4, -0.2) is 50.4 Å². The van der Waals surface area contributed by atoms with Crippen molar-refractivity contribution in [2.75, 3.05) is 25.2 Å². The fourth-order valence-electron chi connectivity index (χ4n) is 2.46. The molecule has 0 radical (unpaired) electrons. The van der Waals surface area contributed by atoms with Crippen molar-refractivity contribution in [3.63, 3.8) is 0 Å². The van der Waals surface area contributed by atoms with Gasteiger partial charge in [-0.1, -0.05) is 25.1 Å². The number of nitrogens with zero attached hydrogens (tertiary/aromatic N) is 1. The predicted octanol–water partition coefficient (Wildman–Crippen LogP) is 1.27. The molecule has 5 nitrogen and oxygen atoms in total. The lowest BCUT2D eigenvalue weighted by Crippen LogP contribution is -2.40. The van der Waals surface area contributed by atoms with E-state index in [-0.39, 0.29) is 30.1 Å². The lowest BCUT2D eigenvalue weighted by atomic mass is 10.1. The fraction of sp³-hybridized carbons (Fsp3) is 0.533. The summed E-state index contributed by atoms with van der Waals surface area (Å²) in [7, 11) is -1.34. The van der Waals surface area contributed by atoms with Gasteiger partial charge >= 0.3 is 0 Å². The van der Waals surface area contributed by atoms with Crippen LogP contribution < -0.4 is 4.74 Å². The maximum atomic E-state index is 12.1. The number of hydrogen-bond donors (Lipinski definition) is 0. The molecule has 21 heavy (non-hydrogen) atoms. The van der Waals surface area contributed by atoms with Crippen molar-refractivity contribution < 1.29 is 17.9 Å². The van der Waals surface area contributed by atoms with E-state index in [2.05, 4.69) is 0 Å². The van der Waals surface area contributed by atoms with Crippen LogP contribution in [0.4, 0.5) is 0 Å². The Morgan fingerprint density at radius 3 is 2.71 bits per heavy atom. The van der Waals surface area contributed by atoms with Gasteiger partial charge in [-0.25, -0.2) is 8.42 Å². The first-order chi connectivity index (χ1) is 9.93. The first-order valence-electron chi connectivity index (χ1n) is 7.09. The third kappa shape index (κ3) is 3.97. The van der Waals surface area contributed by atoms with Crippen molar-refractivity contribution in [1.82, 2.24) is 4.90 Å². The molecule has 0 bridgehead atoms. The van der Waals surface area contributed by atoms with E-state index in [1.807, 2.05) is 31.2 Å². The van der Waals surface area contributed by atoms with E-state index in [1.54, 1.807) is 7.05 Å². The standard InChI is InChI=1S/C15H21NO4S/c1-3-12-6-4-5-7-14(12)20-10-15(17)16(2)13-8-9-21(18,19)11-13/h4-7,13H,3,8-11H2,1-2H3/t13-/m0/s1. The van der Waals surface area contributed by atoms with Gasteiger partial charge in [-0.05, 0) is 24.5 Å². The maximum absolute atomic E-state index is 12.1. The molecule has 2 rings (SSSR count). The molecule has 1 atom stereocenters. The summed E-state index contributed by atoms with van der Waals surface area (Å²) in [5, 5.41) is 0. The van der Waals surface area contributed by atoms with Crippen LogP contribution in [0.25, 0.3) is 0 Å². The summed E-state index contributed by atoms with van der Waals surface area (Å²) in [6, 6.07) is 7.38. The molecule has 1 aromatic carbocycles. The van der Waals surface area contributed by atoms with Gasteiger partial charge in [0.25, 0.3) is 5.91 Å². The number of hydrogen-bond acceptors (Lipinski definition) is 4. The molecule has 0 unspecified atom stereocenters. The zero-order chi connectivity index (χ0) is 15.5. The topological polar surface area (TPSA) is 63.7 Å². The lowest BCUT2D eigenvalue weighted by Gasteiger charge is -2.23. The number of rotatable bonds is 5. The molecule has 6 heteroatoms. The Morgan fingerprint density at radius 1 is 1.38 bits per heavy atom. The number of amides is 1. The third-order valence-corrected chi connectivity index (χ3v) is 5.60. The quantitative estimate of drug-likeness (QED) is 0.821. The van der Waals surface area contributed by atoms with E-state index >= 15 is 0 Å². The molecule has 0 spiro atoms. The number of ether oxygens (including phenoxy) is 1. The van der Waals surface area contributed by atoms with Gasteiger partial charge in [0.1, 0.15) is 5.75 Å². The van der Waals surface area contributed by atoms with Crippen molar-refractivity contribution in [2.24, 2.45) is 0 Å². The number of para-hydroxylation sites is 1. The van der Waals surface area contributed by atoms with Gasteiger partial charge in [-0.15, -0.1) is 0 Å². The SMILES string of the molecule is CCc1ccccc1OCC(=O)N(C)[C@H]1CCS(=O)(=O)C1. The predicted molar refractivity (Wildman–Crippen MR) is 81.1 cm³/mol. The van der Waals surface area contributed by atoms with E-state index in [0.717, 1.165) is 12.0 Å². The Hall–Kier alpha value is -1.56. The smallest absolute Gasteiger partial charge is 0.260 e. The fourth-order valence-corrected chi connectivity index (χ4v) is 4.24. The van der Waals surface area contributed by atoms with E-state index in [9.17, 15) is 13.2 Å². The number of likely N-dealkylation sites (N-methyl/N-ethyl adjacent to an activating group) is 1. The summed E-state index contributed by atoms with van der Waals surface area (Å²) in [5.74, 6) is 0.735. The second kappa shape index (κ2) is 6.47. The van der Waals surface area contributed by atoms with Crippen LogP contribution >= 0.6 is 0 Å². The van der Waals surface area contributed by atoms with Crippen molar-refractivity contribution in [1.29, 1.82) is 0 Å². The molecule has 0 N–H and O–H groups in total. The van der Waals surface area contributed by atoms with Gasteiger partial charge < -0.3 is 9.64 Å². The van der Waals surface area contributed by atoms with Crippen molar-refractivity contribution in [3.05, 3.63) is 29.8 Å². The molecule has 1 saturated heterocycles. The summed E-state index contributed by atoms with van der Waals surface area (Å²) in [6.07, 6.45) is 1.34. The largest absolute Gasteiger partial charge is 0.483 e. The normalized spacial score (nSPS) is 20.2. The Balaban J connectivity index is 1.93. The van der Waals surface area contributed by atoms with Crippen LogP contribution in [0.3, 0.4) is 0 Å². The second-order valence-corrected chi connectivity index (χ2v) is 7.54. The Morgan fingerprint density at radius 2 is 2.10 bits per heavy atom. The number of benzene rings is 1. The summed E-state index contributed by atoms with van der Waals surface area (Å²) < 4.78 is 28.5. The molecule has 1 aliphatic rings. The first-order valence-corrected chi connectivity index (χ1v) is 8.92. The summed E-state index contributed by atoms with van der Waals surface area (Å²) in [5.41, 5.74) is 1.05. The maximum Gasteiger partial charge on any atom is 0.260 e. The van der Waals surface area contributed by atoms with E-state index in [0.29, 0.717) is 12.2 Å². The van der Waals surface area contributed by atoms with E-state index in [4.69, 9.17) is 4.74 Å². The first kappa shape index (κ1) is 15.8. The van der Waals surface area contributed by atoms with Crippen molar-refractivity contribution in [2.45, 2.75) is 25.8 Å². The van der Waals surface area contributed by atoms with Crippen LogP contribution in [0.1, 0.15) is 18.9 Å². The van der Waals surface area contributed by atoms with Gasteiger partial charge in [-0.2, -0.15) is 0 Å². The van der Waals surface area contributed by atoms with Crippen LogP contribution in [0.2, 0.25) is 0 Å². The van der Waals surface area contributed by atoms with E-state index in [1.165, 1.54) is 4.90 Å². The summed E-state index contributed by atoms with van der Waals surface area (Å²) >= 11 is 0. The molecular weight excluding hydrogens is 290 g/mol. The van der Waals surface area contributed by atoms with Gasteiger partial charge in [-0.3, -0.25) is 4.79 Å². The Kier molecular flexibility index (Phi) is 4.88. The highest BCUT2D eigenvalue weighted by molar-refractivity contribution is 7.91. The molecule has 0 aliphatic carbocycles. The minimum Gasteiger partial charge on any atom is -0.483 e. The molecular formula is C15H21NO4S. The minimum absolute atomic E-state index is 0.0563. The monoisotopic (exact) mass is 311 g/mol. The number of sulfone groups is 1. The number of carbonyl (C=O) groups is 1. The van der Waals surface area contributed by atoms with Gasteiger partial charge in [0.15, 0.2) is 16.4 Å². The average molecular weight is 311 g/mol. The van der Waals surface area contributed by atoms with E-state index < -0.39 is 9.84 Å². The molecule has 1 amide bonds. The Bertz CT molecular complexity index is 612. The van der Waals surface area contributed by atoms with Crippen LogP contribution in [0.5, 0.6) is 5.75 Å². The summed E-state index contributed by atoms with van der Waals surface area (Å²) in [6.45, 7) is 1.96. The van der Waals surface area contributed by atoms with Gasteiger partial charge in [0.05, 0.1) is 11.5 Å². The van der Waals surface area contributed by atoms with Crippen molar-refractivity contribution >= 4 is 15.7 Å².